The fraction of sp³-hybridized carbons (Fsp3) is 1.00. The number of hydrogen-bond donors (Lipinski definition) is 0. The normalized spacial score (nSPS) is 23.4. The zero-order valence-corrected chi connectivity index (χ0v) is 16.5. The van der Waals surface area contributed by atoms with E-state index in [1.54, 1.807) is 0 Å². The third-order valence-corrected chi connectivity index (χ3v) is 6.40. The van der Waals surface area contributed by atoms with Gasteiger partial charge >= 0.3 is 0 Å². The first-order valence-electron chi connectivity index (χ1n) is 10.9. The Morgan fingerprint density at radius 1 is 0.783 bits per heavy atom. The lowest BCUT2D eigenvalue weighted by atomic mass is 9.62. The molecular weight excluding hydrogens is 275 g/mol. The fourth-order valence-electron chi connectivity index (χ4n) is 4.65. The third-order valence-electron chi connectivity index (χ3n) is 6.40. The number of unbranched alkanes of at least 4 members (excludes halogenated alkanes) is 6. The summed E-state index contributed by atoms with van der Waals surface area (Å²) in [5.41, 5.74) is 0.552. The SMILES string of the molecule is [B]C1CCCCCC(C(C)(CCCCCC)CCCCCC)C1. The van der Waals surface area contributed by atoms with Crippen molar-refractivity contribution in [2.75, 3.05) is 0 Å². The standard InChI is InChI=1S/C22H43B/c1-4-6-8-13-17-22(3,18-14-9-7-5-2)20-15-11-10-12-16-21(23)19-20/h20-21H,4-19H2,1-3H3. The van der Waals surface area contributed by atoms with Crippen molar-refractivity contribution in [1.82, 2.24) is 0 Å². The minimum absolute atomic E-state index is 0.464. The van der Waals surface area contributed by atoms with E-state index in [0.29, 0.717) is 11.2 Å². The van der Waals surface area contributed by atoms with Gasteiger partial charge < -0.3 is 0 Å². The van der Waals surface area contributed by atoms with Gasteiger partial charge in [-0.15, -0.1) is 0 Å². The van der Waals surface area contributed by atoms with Gasteiger partial charge in [-0.2, -0.15) is 0 Å². The quantitative estimate of drug-likeness (QED) is 0.268. The van der Waals surface area contributed by atoms with Crippen LogP contribution < -0.4 is 0 Å². The molecular formula is C22H43B. The van der Waals surface area contributed by atoms with Crippen molar-refractivity contribution in [3.63, 3.8) is 0 Å². The topological polar surface area (TPSA) is 0 Å². The summed E-state index contributed by atoms with van der Waals surface area (Å²) in [5, 5.41) is 0. The van der Waals surface area contributed by atoms with Gasteiger partial charge in [0.15, 0.2) is 0 Å². The molecule has 1 aliphatic carbocycles. The van der Waals surface area contributed by atoms with Crippen molar-refractivity contribution in [2.24, 2.45) is 11.3 Å². The van der Waals surface area contributed by atoms with Crippen LogP contribution in [0.25, 0.3) is 0 Å². The monoisotopic (exact) mass is 318 g/mol. The van der Waals surface area contributed by atoms with Gasteiger partial charge in [0.05, 0.1) is 7.85 Å². The predicted octanol–water partition coefficient (Wildman–Crippen LogP) is 7.86. The predicted molar refractivity (Wildman–Crippen MR) is 106 cm³/mol. The second-order valence-electron chi connectivity index (χ2n) is 8.61. The highest BCUT2D eigenvalue weighted by Crippen LogP contribution is 2.46. The van der Waals surface area contributed by atoms with Crippen molar-refractivity contribution < 1.29 is 0 Å². The van der Waals surface area contributed by atoms with Crippen LogP contribution in [0.3, 0.4) is 0 Å². The second-order valence-corrected chi connectivity index (χ2v) is 8.61. The van der Waals surface area contributed by atoms with E-state index in [9.17, 15) is 0 Å². The second kappa shape index (κ2) is 12.4. The van der Waals surface area contributed by atoms with Crippen LogP contribution in [0, 0.1) is 11.3 Å². The van der Waals surface area contributed by atoms with E-state index < -0.39 is 0 Å². The lowest BCUT2D eigenvalue weighted by Gasteiger charge is -2.41. The maximum atomic E-state index is 6.44. The largest absolute Gasteiger partial charge is 0.0771 e. The molecule has 2 atom stereocenters. The summed E-state index contributed by atoms with van der Waals surface area (Å²) in [6, 6.07) is 0. The Morgan fingerprint density at radius 3 is 1.91 bits per heavy atom. The lowest BCUT2D eigenvalue weighted by Crippen LogP contribution is -2.29. The molecule has 23 heavy (non-hydrogen) atoms. The van der Waals surface area contributed by atoms with Gasteiger partial charge in [0.25, 0.3) is 0 Å². The van der Waals surface area contributed by atoms with E-state index in [1.165, 1.54) is 103 Å². The van der Waals surface area contributed by atoms with Crippen LogP contribution in [-0.4, -0.2) is 7.85 Å². The lowest BCUT2D eigenvalue weighted by molar-refractivity contribution is 0.115. The zero-order chi connectivity index (χ0) is 17.0. The first-order chi connectivity index (χ1) is 11.1. The molecule has 2 unspecified atom stereocenters. The minimum atomic E-state index is 0.464. The molecule has 1 aliphatic rings. The Bertz CT molecular complexity index is 261. The molecule has 0 aliphatic heterocycles. The first-order valence-corrected chi connectivity index (χ1v) is 10.9. The molecule has 0 amide bonds. The average molecular weight is 318 g/mol. The van der Waals surface area contributed by atoms with Crippen LogP contribution in [0.4, 0.5) is 0 Å². The summed E-state index contributed by atoms with van der Waals surface area (Å²) in [6.07, 6.45) is 22.3. The van der Waals surface area contributed by atoms with Crippen LogP contribution in [0.5, 0.6) is 0 Å². The van der Waals surface area contributed by atoms with Gasteiger partial charge in [-0.05, 0) is 30.6 Å². The van der Waals surface area contributed by atoms with E-state index in [4.69, 9.17) is 7.85 Å². The van der Waals surface area contributed by atoms with Crippen LogP contribution in [0.15, 0.2) is 0 Å². The highest BCUT2D eigenvalue weighted by Gasteiger charge is 2.34. The summed E-state index contributed by atoms with van der Waals surface area (Å²) >= 11 is 0. The molecule has 0 aromatic rings. The van der Waals surface area contributed by atoms with Crippen LogP contribution in [-0.2, 0) is 0 Å². The number of hydrogen-bond acceptors (Lipinski definition) is 0. The summed E-state index contributed by atoms with van der Waals surface area (Å²) in [5.74, 6) is 1.34. The molecule has 2 radical (unpaired) electrons. The maximum absolute atomic E-state index is 6.44. The van der Waals surface area contributed by atoms with Gasteiger partial charge in [0.2, 0.25) is 0 Å². The van der Waals surface area contributed by atoms with E-state index >= 15 is 0 Å². The fourth-order valence-corrected chi connectivity index (χ4v) is 4.65. The van der Waals surface area contributed by atoms with Gasteiger partial charge in [0.1, 0.15) is 0 Å². The van der Waals surface area contributed by atoms with Gasteiger partial charge in [-0.25, -0.2) is 0 Å². The van der Waals surface area contributed by atoms with Gasteiger partial charge in [-0.3, -0.25) is 0 Å². The molecule has 0 spiro atoms. The van der Waals surface area contributed by atoms with Crippen LogP contribution >= 0.6 is 0 Å². The van der Waals surface area contributed by atoms with Crippen molar-refractivity contribution in [3.05, 3.63) is 0 Å². The van der Waals surface area contributed by atoms with Crippen molar-refractivity contribution >= 4 is 7.85 Å². The molecule has 0 aromatic carbocycles. The van der Waals surface area contributed by atoms with Crippen molar-refractivity contribution in [3.8, 4) is 0 Å². The highest BCUT2D eigenvalue weighted by atomic mass is 14.4. The van der Waals surface area contributed by atoms with Crippen LogP contribution in [0.1, 0.15) is 124 Å². The highest BCUT2D eigenvalue weighted by molar-refractivity contribution is 6.11. The molecule has 0 aromatic heterocycles. The van der Waals surface area contributed by atoms with E-state index in [0.717, 1.165) is 5.92 Å². The van der Waals surface area contributed by atoms with E-state index in [-0.39, 0.29) is 0 Å². The minimum Gasteiger partial charge on any atom is -0.0771 e. The summed E-state index contributed by atoms with van der Waals surface area (Å²) in [7, 11) is 6.44. The maximum Gasteiger partial charge on any atom is 0.0699 e. The Morgan fingerprint density at radius 2 is 1.35 bits per heavy atom. The zero-order valence-electron chi connectivity index (χ0n) is 16.5. The molecule has 0 nitrogen and oxygen atoms in total. The molecule has 0 saturated heterocycles. The Kier molecular flexibility index (Phi) is 11.4. The summed E-state index contributed by atoms with van der Waals surface area (Å²) in [6.45, 7) is 7.25. The molecule has 1 fully saturated rings. The molecule has 1 rings (SSSR count). The Labute approximate surface area is 149 Å². The molecule has 0 N–H and O–H groups in total. The van der Waals surface area contributed by atoms with E-state index in [1.807, 2.05) is 0 Å². The van der Waals surface area contributed by atoms with Crippen molar-refractivity contribution in [1.29, 1.82) is 0 Å². The third kappa shape index (κ3) is 8.64. The number of rotatable bonds is 11. The van der Waals surface area contributed by atoms with E-state index in [2.05, 4.69) is 20.8 Å². The summed E-state index contributed by atoms with van der Waals surface area (Å²) < 4.78 is 0. The average Bonchev–Trinajstić information content (AvgIpc) is 2.51. The molecule has 1 heteroatoms. The van der Waals surface area contributed by atoms with Crippen LogP contribution in [0.2, 0.25) is 5.82 Å². The van der Waals surface area contributed by atoms with Gasteiger partial charge in [0, 0.05) is 0 Å². The molecule has 134 valence electrons. The van der Waals surface area contributed by atoms with Crippen molar-refractivity contribution in [2.45, 2.75) is 129 Å². The molecule has 1 saturated carbocycles. The Balaban J connectivity index is 2.61. The first kappa shape index (κ1) is 21.1. The molecule has 0 heterocycles. The van der Waals surface area contributed by atoms with Gasteiger partial charge in [-0.1, -0.05) is 110 Å². The Hall–Kier alpha value is 0.0649. The smallest absolute Gasteiger partial charge is 0.0699 e. The summed E-state index contributed by atoms with van der Waals surface area (Å²) in [4.78, 5) is 0. The molecule has 0 bridgehead atoms.